The van der Waals surface area contributed by atoms with E-state index >= 15 is 0 Å². The van der Waals surface area contributed by atoms with E-state index in [1.54, 1.807) is 27.7 Å². The van der Waals surface area contributed by atoms with Gasteiger partial charge < -0.3 is 96.1 Å². The number of likely N-dealkylation sites (N-methyl/N-ethyl adjacent to an activating group) is 2. The Morgan fingerprint density at radius 3 is 1.06 bits per heavy atom. The summed E-state index contributed by atoms with van der Waals surface area (Å²) < 4.78 is 0. The Labute approximate surface area is 547 Å². The highest BCUT2D eigenvalue weighted by Crippen LogP contribution is 2.17. The van der Waals surface area contributed by atoms with Gasteiger partial charge in [0.05, 0.1) is 13.1 Å². The molecule has 0 spiro atoms. The molecule has 2 aromatic carbocycles. The summed E-state index contributed by atoms with van der Waals surface area (Å²) in [6.45, 7) is 8.20. The minimum absolute atomic E-state index is 0.00426. The number of rotatable bonds is 24. The number of nitrogens with zero attached hydrogens (tertiary/aromatic N) is 4. The molecule has 1 aliphatic heterocycles. The smallest absolute Gasteiger partial charge is 0.245 e. The zero-order chi connectivity index (χ0) is 70.2. The number of nitrogens with two attached hydrogens (primary N) is 4. The van der Waals surface area contributed by atoms with Crippen molar-refractivity contribution < 1.29 is 67.7 Å². The maximum Gasteiger partial charge on any atom is 0.245 e. The number of carbonyl (C=O) groups is 12. The van der Waals surface area contributed by atoms with Gasteiger partial charge in [0.15, 0.2) is 11.9 Å². The molecule has 0 unspecified atom stereocenters. The Morgan fingerprint density at radius 2 is 0.755 bits per heavy atom. The van der Waals surface area contributed by atoms with Crippen molar-refractivity contribution in [2.75, 3.05) is 53.4 Å². The number of aromatic hydroxyl groups is 2. The normalized spacial score (nSPS) is 21.5. The van der Waals surface area contributed by atoms with Gasteiger partial charge in [-0.2, -0.15) is 0 Å². The van der Waals surface area contributed by atoms with Crippen molar-refractivity contribution in [3.8, 4) is 11.5 Å². The van der Waals surface area contributed by atoms with Crippen LogP contribution in [0.2, 0.25) is 0 Å². The third kappa shape index (κ3) is 29.2. The van der Waals surface area contributed by atoms with Gasteiger partial charge >= 0.3 is 0 Å². The van der Waals surface area contributed by atoms with Crippen LogP contribution in [0.25, 0.3) is 0 Å². The molecule has 1 aliphatic rings. The summed E-state index contributed by atoms with van der Waals surface area (Å²) in [5.74, 6) is -11.1. The van der Waals surface area contributed by atoms with Gasteiger partial charge in [-0.25, -0.2) is 0 Å². The molecule has 1 fully saturated rings. The molecular weight excluding hydrogens is 1220 g/mol. The monoisotopic (exact) mass is 1320 g/mol. The van der Waals surface area contributed by atoms with Crippen molar-refractivity contribution in [1.82, 2.24) is 63.0 Å². The Morgan fingerprint density at radius 1 is 0.457 bits per heavy atom. The zero-order valence-electron chi connectivity index (χ0n) is 55.0. The molecule has 94 heavy (non-hydrogen) atoms. The van der Waals surface area contributed by atoms with Gasteiger partial charge in [-0.3, -0.25) is 67.5 Å². The average molecular weight is 1320 g/mol. The number of phenols is 2. The van der Waals surface area contributed by atoms with Crippen LogP contribution in [0.4, 0.5) is 0 Å². The van der Waals surface area contributed by atoms with Crippen molar-refractivity contribution in [1.29, 1.82) is 0 Å². The first-order valence-electron chi connectivity index (χ1n) is 31.4. The Kier molecular flexibility index (Phi) is 33.6. The van der Waals surface area contributed by atoms with Gasteiger partial charge in [0.1, 0.15) is 59.8 Å². The summed E-state index contributed by atoms with van der Waals surface area (Å²) >= 11 is 0. The zero-order valence-corrected chi connectivity index (χ0v) is 55.0. The summed E-state index contributed by atoms with van der Waals surface area (Å²) in [5, 5.41) is 47.2. The van der Waals surface area contributed by atoms with Crippen molar-refractivity contribution >= 4 is 82.8 Å². The number of hydrogen-bond donors (Lipinski definition) is 16. The lowest BCUT2D eigenvalue weighted by Gasteiger charge is -2.30. The van der Waals surface area contributed by atoms with Gasteiger partial charge in [-0.15, -0.1) is 0 Å². The second kappa shape index (κ2) is 40.3. The molecule has 32 heteroatoms. The first-order chi connectivity index (χ1) is 44.3. The second-order valence-corrected chi connectivity index (χ2v) is 23.9. The van der Waals surface area contributed by atoms with Gasteiger partial charge in [-0.1, -0.05) is 52.0 Å². The van der Waals surface area contributed by atoms with Crippen LogP contribution in [0.15, 0.2) is 58.5 Å². The van der Waals surface area contributed by atoms with Crippen LogP contribution >= 0.6 is 0 Å². The van der Waals surface area contributed by atoms with E-state index in [0.717, 1.165) is 9.80 Å². The SMILES string of the molecule is CC(=O)NCCCC[C@@H]1NC(=O)[C@H](CCCN=C(N)N)NC(=O)[C@H](Cc2ccc(O)cc2)NC(=O)[C@H](C(C)C)NC(=O)CN(C)C(=O)[C@H](CCCCNC(C)=O)NC(=O)[C@H](CCCN=C(N)N)NC(=O)[C@H](Cc2ccc(O)cc2)NC(=O)[C@H](C(C)C)NC(=O)CN(C)C1=O. The minimum Gasteiger partial charge on any atom is -0.508 e. The van der Waals surface area contributed by atoms with E-state index in [-0.39, 0.29) is 126 Å². The molecule has 12 amide bonds. The molecular formula is C62H98N18O14. The fourth-order valence-corrected chi connectivity index (χ4v) is 9.93. The van der Waals surface area contributed by atoms with Crippen LogP contribution in [0.5, 0.6) is 11.5 Å². The summed E-state index contributed by atoms with van der Waals surface area (Å²) in [5.41, 5.74) is 23.3. The van der Waals surface area contributed by atoms with Gasteiger partial charge in [-0.05, 0) is 111 Å². The van der Waals surface area contributed by atoms with E-state index in [1.807, 2.05) is 0 Å². The van der Waals surface area contributed by atoms with Crippen LogP contribution < -0.4 is 76.1 Å². The van der Waals surface area contributed by atoms with Crippen molar-refractivity contribution in [2.24, 2.45) is 44.8 Å². The lowest BCUT2D eigenvalue weighted by atomic mass is 10.00. The van der Waals surface area contributed by atoms with E-state index in [1.165, 1.54) is 76.5 Å². The second-order valence-electron chi connectivity index (χ2n) is 23.9. The molecule has 3 rings (SSSR count). The quantitative estimate of drug-likeness (QED) is 0.0278. The van der Waals surface area contributed by atoms with Crippen LogP contribution in [-0.2, 0) is 70.4 Å². The average Bonchev–Trinajstić information content (AvgIpc) is 1.07. The maximum absolute atomic E-state index is 14.7. The van der Waals surface area contributed by atoms with Crippen molar-refractivity contribution in [3.63, 3.8) is 0 Å². The predicted molar refractivity (Wildman–Crippen MR) is 349 cm³/mol. The number of hydrogen-bond acceptors (Lipinski definition) is 16. The molecule has 1 saturated heterocycles. The molecule has 0 saturated carbocycles. The largest absolute Gasteiger partial charge is 0.508 e. The molecule has 0 bridgehead atoms. The lowest BCUT2D eigenvalue weighted by molar-refractivity contribution is -0.140. The molecule has 0 aromatic heterocycles. The standard InChI is InChI=1S/C62H98N18O14/c1-35(2)51-57(91)75-47(31-39-19-23-41(83)24-20-39)55(89)71-43(17-13-29-69-61(63)64)53(87)74-46(16-10-12-28-68-38(6)82)60(94)80(8)34-50(86)78-52(36(3)4)58(92)76-48(32-40-21-25-42(84)26-22-40)56(90)72-44(18-14-30-70-62(65)66)54(88)73-45(15-9-11-27-67-37(5)81)59(93)79(7)33-49(85)77-51/h19-26,35-36,43-48,51-52,83-84H,9-18,27-34H2,1-8H3,(H,67,81)(H,68,82)(H,71,89)(H,72,90)(H,73,88)(H,74,87)(H,75,91)(H,76,92)(H,77,85)(H,78,86)(H4,63,64,69)(H4,65,66,70)/t43-,44-,45-,46-,47-,48-,51-,52-/m0/s1. The number of guanidine groups is 2. The van der Waals surface area contributed by atoms with Crippen LogP contribution in [-0.4, -0.2) is 205 Å². The van der Waals surface area contributed by atoms with E-state index in [2.05, 4.69) is 63.2 Å². The number of nitrogens with one attached hydrogen (secondary N) is 10. The highest BCUT2D eigenvalue weighted by atomic mass is 16.3. The first-order valence-corrected chi connectivity index (χ1v) is 31.4. The van der Waals surface area contributed by atoms with Crippen LogP contribution in [0, 0.1) is 11.8 Å². The van der Waals surface area contributed by atoms with Gasteiger partial charge in [0, 0.05) is 67.0 Å². The first kappa shape index (κ1) is 78.5. The van der Waals surface area contributed by atoms with Crippen molar-refractivity contribution in [3.05, 3.63) is 59.7 Å². The fraction of sp³-hybridized carbons (Fsp3) is 0.581. The summed E-state index contributed by atoms with van der Waals surface area (Å²) in [6.07, 6.45) is 0.588. The topological polar surface area (TPSA) is 501 Å². The number of amides is 12. The van der Waals surface area contributed by atoms with E-state index in [0.29, 0.717) is 24.0 Å². The summed E-state index contributed by atoms with van der Waals surface area (Å²) in [7, 11) is 2.58. The third-order valence-corrected chi connectivity index (χ3v) is 15.0. The molecule has 2 aromatic rings. The summed E-state index contributed by atoms with van der Waals surface area (Å²) in [4.78, 5) is 179. The van der Waals surface area contributed by atoms with E-state index in [4.69, 9.17) is 22.9 Å². The fourth-order valence-electron chi connectivity index (χ4n) is 9.93. The molecule has 0 radical (unpaired) electrons. The highest BCUT2D eigenvalue weighted by molar-refractivity contribution is 5.99. The van der Waals surface area contributed by atoms with Crippen LogP contribution in [0.1, 0.15) is 117 Å². The van der Waals surface area contributed by atoms with Gasteiger partial charge in [0.25, 0.3) is 0 Å². The molecule has 0 aliphatic carbocycles. The molecule has 20 N–H and O–H groups in total. The maximum atomic E-state index is 14.7. The lowest BCUT2D eigenvalue weighted by Crippen LogP contribution is -2.61. The third-order valence-electron chi connectivity index (χ3n) is 15.0. The Balaban J connectivity index is 2.28. The van der Waals surface area contributed by atoms with Gasteiger partial charge in [0.2, 0.25) is 70.9 Å². The molecule has 520 valence electrons. The van der Waals surface area contributed by atoms with E-state index in [9.17, 15) is 67.7 Å². The number of carbonyl (C=O) groups excluding carboxylic acids is 12. The highest BCUT2D eigenvalue weighted by Gasteiger charge is 2.37. The van der Waals surface area contributed by atoms with Crippen molar-refractivity contribution in [2.45, 2.75) is 167 Å². The number of aliphatic imine (C=N–C) groups is 2. The van der Waals surface area contributed by atoms with Crippen LogP contribution in [0.3, 0.4) is 0 Å². The van der Waals surface area contributed by atoms with E-state index < -0.39 is 132 Å². The number of benzene rings is 2. The predicted octanol–water partition coefficient (Wildman–Crippen LogP) is -3.28. The number of phenolic OH excluding ortho intramolecular Hbond substituents is 2. The Bertz CT molecular complexity index is 2760. The summed E-state index contributed by atoms with van der Waals surface area (Å²) in [6, 6.07) is 0.102. The molecule has 32 nitrogen and oxygen atoms in total. The molecule has 1 heterocycles. The molecule has 8 atom stereocenters. The minimum atomic E-state index is -1.49. The Hall–Kier alpha value is -9.78. The number of unbranched alkanes of at least 4 members (excludes halogenated alkanes) is 2.